The third-order valence-electron chi connectivity index (χ3n) is 5.37. The number of pyridine rings is 1. The minimum absolute atomic E-state index is 0.371. The van der Waals surface area contributed by atoms with E-state index in [1.165, 1.54) is 37.7 Å². The first-order valence-electron chi connectivity index (χ1n) is 11.7. The highest BCUT2D eigenvalue weighted by Crippen LogP contribution is 2.23. The summed E-state index contributed by atoms with van der Waals surface area (Å²) in [5, 5.41) is 0. The fraction of sp³-hybridized carbons (Fsp3) is 0.357. The molecule has 0 aliphatic rings. The average Bonchev–Trinajstić information content (AvgIpc) is 2.83. The van der Waals surface area contributed by atoms with Crippen LogP contribution in [-0.2, 0) is 6.42 Å². The van der Waals surface area contributed by atoms with Crippen molar-refractivity contribution in [3.63, 3.8) is 0 Å². The zero-order chi connectivity index (χ0) is 22.6. The van der Waals surface area contributed by atoms with Gasteiger partial charge < -0.3 is 9.47 Å². The summed E-state index contributed by atoms with van der Waals surface area (Å²) < 4.78 is 11.2. The number of hydrogen-bond donors (Lipinski definition) is 0. The van der Waals surface area contributed by atoms with E-state index in [1.54, 1.807) is 12.3 Å². The van der Waals surface area contributed by atoms with E-state index in [1.807, 2.05) is 54.6 Å². The van der Waals surface area contributed by atoms with Crippen LogP contribution in [-0.4, -0.2) is 17.6 Å². The molecule has 4 heteroatoms. The van der Waals surface area contributed by atoms with Crippen molar-refractivity contribution in [2.24, 2.45) is 0 Å². The van der Waals surface area contributed by atoms with Gasteiger partial charge in [0.25, 0.3) is 0 Å². The van der Waals surface area contributed by atoms with Crippen molar-refractivity contribution in [3.8, 4) is 22.8 Å². The van der Waals surface area contributed by atoms with Gasteiger partial charge in [-0.2, -0.15) is 0 Å². The van der Waals surface area contributed by atoms with E-state index in [0.29, 0.717) is 11.3 Å². The molecule has 0 radical (unpaired) electrons. The Morgan fingerprint density at radius 1 is 0.781 bits per heavy atom. The van der Waals surface area contributed by atoms with Gasteiger partial charge in [0.1, 0.15) is 11.5 Å². The minimum atomic E-state index is -0.371. The Morgan fingerprint density at radius 3 is 2.12 bits per heavy atom. The van der Waals surface area contributed by atoms with Crippen molar-refractivity contribution in [1.82, 2.24) is 4.98 Å². The zero-order valence-electron chi connectivity index (χ0n) is 19.2. The Kier molecular flexibility index (Phi) is 9.30. The number of aryl methyl sites for hydroxylation is 1. The van der Waals surface area contributed by atoms with Gasteiger partial charge in [0.05, 0.1) is 24.1 Å². The Balaban J connectivity index is 1.53. The maximum absolute atomic E-state index is 12.4. The van der Waals surface area contributed by atoms with E-state index in [0.717, 1.165) is 36.5 Å². The fourth-order valence-corrected chi connectivity index (χ4v) is 3.43. The van der Waals surface area contributed by atoms with Crippen LogP contribution in [0.4, 0.5) is 0 Å². The van der Waals surface area contributed by atoms with Crippen LogP contribution in [0.15, 0.2) is 66.9 Å². The van der Waals surface area contributed by atoms with E-state index in [9.17, 15) is 4.79 Å². The lowest BCUT2D eigenvalue weighted by Gasteiger charge is -2.08. The van der Waals surface area contributed by atoms with Crippen LogP contribution in [0, 0.1) is 0 Å². The number of unbranched alkanes of at least 4 members (excludes halogenated alkanes) is 4. The molecular weight excluding hydrogens is 398 g/mol. The van der Waals surface area contributed by atoms with E-state index in [4.69, 9.17) is 9.47 Å². The first kappa shape index (κ1) is 23.5. The summed E-state index contributed by atoms with van der Waals surface area (Å²) in [7, 11) is 0. The van der Waals surface area contributed by atoms with Crippen LogP contribution in [0.3, 0.4) is 0 Å². The van der Waals surface area contributed by atoms with Crippen LogP contribution in [0.2, 0.25) is 0 Å². The molecular formula is C28H33NO3. The monoisotopic (exact) mass is 431 g/mol. The second-order valence-electron chi connectivity index (χ2n) is 8.00. The molecule has 3 rings (SSSR count). The number of rotatable bonds is 12. The largest absolute Gasteiger partial charge is 0.494 e. The van der Waals surface area contributed by atoms with Gasteiger partial charge in [-0.05, 0) is 73.4 Å². The van der Waals surface area contributed by atoms with Crippen LogP contribution in [0.1, 0.15) is 68.3 Å². The van der Waals surface area contributed by atoms with Crippen LogP contribution in [0.25, 0.3) is 11.3 Å². The molecule has 0 fully saturated rings. The number of carbonyl (C=O) groups excluding carboxylic acids is 1. The second kappa shape index (κ2) is 12.7. The predicted molar refractivity (Wildman–Crippen MR) is 129 cm³/mol. The quantitative estimate of drug-likeness (QED) is 0.223. The van der Waals surface area contributed by atoms with Crippen molar-refractivity contribution in [1.29, 1.82) is 0 Å². The minimum Gasteiger partial charge on any atom is -0.494 e. The Hall–Kier alpha value is -3.14. The van der Waals surface area contributed by atoms with Crippen LogP contribution >= 0.6 is 0 Å². The van der Waals surface area contributed by atoms with Gasteiger partial charge in [-0.3, -0.25) is 4.98 Å². The first-order valence-corrected chi connectivity index (χ1v) is 11.7. The molecule has 2 aromatic carbocycles. The van der Waals surface area contributed by atoms with Gasteiger partial charge >= 0.3 is 5.97 Å². The third-order valence-corrected chi connectivity index (χ3v) is 5.37. The van der Waals surface area contributed by atoms with Gasteiger partial charge in [-0.15, -0.1) is 0 Å². The maximum Gasteiger partial charge on any atom is 0.343 e. The predicted octanol–water partition coefficient (Wildman–Crippen LogP) is 7.27. The lowest BCUT2D eigenvalue weighted by Crippen LogP contribution is -2.08. The molecule has 0 N–H and O–H groups in total. The molecule has 168 valence electrons. The summed E-state index contributed by atoms with van der Waals surface area (Å²) in [6.07, 6.45) is 9.67. The highest BCUT2D eigenvalue weighted by atomic mass is 16.5. The number of aromatic nitrogens is 1. The Labute approximate surface area is 191 Å². The van der Waals surface area contributed by atoms with Crippen molar-refractivity contribution >= 4 is 5.97 Å². The summed E-state index contributed by atoms with van der Waals surface area (Å²) in [5.41, 5.74) is 3.60. The molecule has 0 bridgehead atoms. The van der Waals surface area contributed by atoms with Gasteiger partial charge in [0.15, 0.2) is 0 Å². The summed E-state index contributed by atoms with van der Waals surface area (Å²) in [6, 6.07) is 19.2. The smallest absolute Gasteiger partial charge is 0.343 e. The molecule has 0 spiro atoms. The molecule has 0 atom stereocenters. The van der Waals surface area contributed by atoms with Gasteiger partial charge in [-0.25, -0.2) is 4.79 Å². The molecule has 3 aromatic rings. The van der Waals surface area contributed by atoms with Crippen molar-refractivity contribution in [3.05, 3.63) is 78.0 Å². The molecule has 32 heavy (non-hydrogen) atoms. The van der Waals surface area contributed by atoms with Crippen molar-refractivity contribution in [2.75, 3.05) is 6.61 Å². The number of hydrogen-bond acceptors (Lipinski definition) is 4. The van der Waals surface area contributed by atoms with Crippen molar-refractivity contribution < 1.29 is 14.3 Å². The van der Waals surface area contributed by atoms with Gasteiger partial charge in [0.2, 0.25) is 0 Å². The molecule has 0 saturated heterocycles. The lowest BCUT2D eigenvalue weighted by atomic mass is 10.1. The Bertz CT molecular complexity index is 947. The zero-order valence-corrected chi connectivity index (χ0v) is 19.2. The molecule has 0 unspecified atom stereocenters. The second-order valence-corrected chi connectivity index (χ2v) is 8.00. The van der Waals surface area contributed by atoms with Gasteiger partial charge in [-0.1, -0.05) is 51.7 Å². The number of benzene rings is 2. The molecule has 1 heterocycles. The Morgan fingerprint density at radius 2 is 1.47 bits per heavy atom. The van der Waals surface area contributed by atoms with E-state index < -0.39 is 0 Å². The number of ether oxygens (including phenoxy) is 2. The normalized spacial score (nSPS) is 10.7. The molecule has 0 amide bonds. The topological polar surface area (TPSA) is 48.4 Å². The third kappa shape index (κ3) is 7.23. The standard InChI is InChI=1S/C28H33NO3/c1-3-5-7-9-22-10-12-24(13-11-22)28(30)32-26-18-19-27(29-21-26)23-14-16-25(17-15-23)31-20-8-6-4-2/h10-19,21H,3-9,20H2,1-2H3. The highest BCUT2D eigenvalue weighted by Gasteiger charge is 2.09. The van der Waals surface area contributed by atoms with Crippen molar-refractivity contribution in [2.45, 2.75) is 58.8 Å². The molecule has 0 aliphatic carbocycles. The average molecular weight is 432 g/mol. The lowest BCUT2D eigenvalue weighted by molar-refractivity contribution is 0.0734. The SMILES string of the molecule is CCCCCOc1ccc(-c2ccc(OC(=O)c3ccc(CCCCC)cc3)cn2)cc1. The molecule has 4 nitrogen and oxygen atoms in total. The van der Waals surface area contributed by atoms with E-state index >= 15 is 0 Å². The fourth-order valence-electron chi connectivity index (χ4n) is 3.43. The van der Waals surface area contributed by atoms with E-state index in [2.05, 4.69) is 18.8 Å². The summed E-state index contributed by atoms with van der Waals surface area (Å²) in [4.78, 5) is 16.9. The first-order chi connectivity index (χ1) is 15.7. The number of nitrogens with zero attached hydrogens (tertiary/aromatic N) is 1. The van der Waals surface area contributed by atoms with Crippen LogP contribution in [0.5, 0.6) is 11.5 Å². The highest BCUT2D eigenvalue weighted by molar-refractivity contribution is 5.91. The molecule has 0 saturated carbocycles. The summed E-state index contributed by atoms with van der Waals surface area (Å²) in [5.74, 6) is 0.928. The van der Waals surface area contributed by atoms with Crippen LogP contribution < -0.4 is 9.47 Å². The number of carbonyl (C=O) groups is 1. The summed E-state index contributed by atoms with van der Waals surface area (Å²) in [6.45, 7) is 5.12. The van der Waals surface area contributed by atoms with Gasteiger partial charge in [0, 0.05) is 5.56 Å². The number of esters is 1. The van der Waals surface area contributed by atoms with E-state index in [-0.39, 0.29) is 5.97 Å². The molecule has 0 aliphatic heterocycles. The molecule has 1 aromatic heterocycles. The summed E-state index contributed by atoms with van der Waals surface area (Å²) >= 11 is 0. The maximum atomic E-state index is 12.4.